The highest BCUT2D eigenvalue weighted by Crippen LogP contribution is 2.12. The Balaban J connectivity index is -0.000000443. The number of carbonyl (C=O) groups excluding carboxylic acids is 6. The van der Waals surface area contributed by atoms with E-state index < -0.39 is 43.2 Å². The summed E-state index contributed by atoms with van der Waals surface area (Å²) in [6.45, 7) is 6.77. The summed E-state index contributed by atoms with van der Waals surface area (Å²) in [5, 5.41) is 53.2. The maximum atomic E-state index is 11.4. The Labute approximate surface area is 444 Å². The molecule has 0 aromatic rings. The van der Waals surface area contributed by atoms with Crippen molar-refractivity contribution in [1.29, 1.82) is 0 Å². The highest BCUT2D eigenvalue weighted by molar-refractivity contribution is 5.70. The Morgan fingerprint density at radius 1 is 0.324 bits per heavy atom. The predicted octanol–water partition coefficient (Wildman–Crippen LogP) is 8.30. The van der Waals surface area contributed by atoms with Gasteiger partial charge in [-0.15, -0.1) is 0 Å². The summed E-state index contributed by atoms with van der Waals surface area (Å²) in [6.07, 6.45) is 27.9. The summed E-state index contributed by atoms with van der Waals surface area (Å²) in [4.78, 5) is 65.9. The van der Waals surface area contributed by atoms with E-state index in [1.807, 2.05) is 0 Å². The smallest absolute Gasteiger partial charge is 0.404 e. The summed E-state index contributed by atoms with van der Waals surface area (Å²) in [5.74, 6) is -1.25. The summed E-state index contributed by atoms with van der Waals surface area (Å²) in [7, 11) is 0. The molecule has 0 aliphatic rings. The van der Waals surface area contributed by atoms with Gasteiger partial charge in [0.1, 0.15) is 51.3 Å². The molecule has 0 rings (SSSR count). The SMILES string of the molecule is CCCCCCCCCC(=O)OCC(CO)OC(N)=O.CCCCCCCCCC(=O)OCC(O)CO.CCCCCCCCCC(=O)OCC(O)CO.CCCCCCCCCC(=O)OCC(O)COC(N)=O. The van der Waals surface area contributed by atoms with Crippen LogP contribution in [0.2, 0.25) is 0 Å². The predicted molar refractivity (Wildman–Crippen MR) is 284 cm³/mol. The van der Waals surface area contributed by atoms with Crippen LogP contribution in [0.3, 0.4) is 0 Å². The maximum absolute atomic E-state index is 11.4. The molecule has 20 heteroatoms. The quantitative estimate of drug-likeness (QED) is 0.0161. The molecule has 0 fully saturated rings. The first-order valence-electron chi connectivity index (χ1n) is 27.9. The van der Waals surface area contributed by atoms with E-state index >= 15 is 0 Å². The first-order chi connectivity index (χ1) is 35.6. The first kappa shape index (κ1) is 76.7. The average molecular weight is 1070 g/mol. The molecule has 0 radical (unpaired) electrons. The van der Waals surface area contributed by atoms with E-state index in [4.69, 9.17) is 55.9 Å². The number of hydrogen-bond acceptors (Lipinski definition) is 18. The van der Waals surface area contributed by atoms with Crippen LogP contribution in [0.25, 0.3) is 0 Å². The van der Waals surface area contributed by atoms with Gasteiger partial charge in [0.05, 0.1) is 19.8 Å². The molecule has 0 saturated carbocycles. The zero-order valence-corrected chi connectivity index (χ0v) is 46.3. The van der Waals surface area contributed by atoms with Crippen LogP contribution >= 0.6 is 0 Å². The molecule has 0 saturated heterocycles. The van der Waals surface area contributed by atoms with Crippen molar-refractivity contribution in [3.05, 3.63) is 0 Å². The van der Waals surface area contributed by atoms with Crippen LogP contribution in [-0.2, 0) is 47.6 Å². The lowest BCUT2D eigenvalue weighted by Crippen LogP contribution is -2.30. The van der Waals surface area contributed by atoms with Crippen molar-refractivity contribution in [3.63, 3.8) is 0 Å². The van der Waals surface area contributed by atoms with Gasteiger partial charge < -0.3 is 70.5 Å². The molecule has 0 heterocycles. The number of unbranched alkanes of at least 4 members (excludes halogenated alkanes) is 24. The van der Waals surface area contributed by atoms with E-state index in [1.165, 1.54) is 116 Å². The van der Waals surface area contributed by atoms with Crippen LogP contribution in [0.1, 0.15) is 233 Å². The average Bonchev–Trinajstić information content (AvgIpc) is 3.38. The maximum Gasteiger partial charge on any atom is 0.404 e. The number of hydrogen-bond donors (Lipinski definition) is 8. The monoisotopic (exact) mass is 1070 g/mol. The van der Waals surface area contributed by atoms with Gasteiger partial charge in [-0.1, -0.05) is 182 Å². The van der Waals surface area contributed by atoms with E-state index in [9.17, 15) is 33.9 Å². The molecular formula is C54H106N2O18. The van der Waals surface area contributed by atoms with E-state index in [1.54, 1.807) is 0 Å². The summed E-state index contributed by atoms with van der Waals surface area (Å²) in [5.41, 5.74) is 9.55. The minimum Gasteiger partial charge on any atom is -0.463 e. The fraction of sp³-hybridized carbons (Fsp3) is 0.889. The van der Waals surface area contributed by atoms with E-state index in [2.05, 4.69) is 37.2 Å². The molecule has 440 valence electrons. The van der Waals surface area contributed by atoms with Crippen molar-refractivity contribution >= 4 is 36.1 Å². The third-order valence-corrected chi connectivity index (χ3v) is 11.0. The molecule has 20 nitrogen and oxygen atoms in total. The molecule has 0 aromatic carbocycles. The number of ether oxygens (including phenoxy) is 6. The summed E-state index contributed by atoms with van der Waals surface area (Å²) in [6, 6.07) is 0. The van der Waals surface area contributed by atoms with E-state index in [0.717, 1.165) is 64.2 Å². The van der Waals surface area contributed by atoms with Crippen molar-refractivity contribution in [1.82, 2.24) is 0 Å². The zero-order chi connectivity index (χ0) is 56.3. The molecule has 2 amide bonds. The lowest BCUT2D eigenvalue weighted by Gasteiger charge is -2.13. The summed E-state index contributed by atoms with van der Waals surface area (Å²) >= 11 is 0. The number of esters is 4. The highest BCUT2D eigenvalue weighted by Gasteiger charge is 2.15. The topological polar surface area (TPSA) is 331 Å². The number of amides is 2. The van der Waals surface area contributed by atoms with Gasteiger partial charge in [0.15, 0.2) is 6.10 Å². The lowest BCUT2D eigenvalue weighted by molar-refractivity contribution is -0.148. The molecule has 4 atom stereocenters. The number of aliphatic hydroxyl groups is 6. The molecule has 0 aliphatic heterocycles. The van der Waals surface area contributed by atoms with Crippen molar-refractivity contribution < 1.29 is 87.8 Å². The number of aliphatic hydroxyl groups excluding tert-OH is 6. The standard InChI is InChI=1S/2C14H27NO5.2C13H26O4/c1-2-3-4-5-6-7-8-9-13(17)19-10-12(16)11-20-14(15)18;1-2-3-4-5-6-7-8-9-13(17)19-11-12(10-16)20-14(15)18;2*1-2-3-4-5-6-7-8-9-13(16)17-11-12(15)10-14/h2*12,16H,2-11H2,1H3,(H2,15,18);2*12,14-15H,2-11H2,1H3. The van der Waals surface area contributed by atoms with Crippen molar-refractivity contribution in [2.75, 3.05) is 52.9 Å². The molecule has 0 spiro atoms. The zero-order valence-electron chi connectivity index (χ0n) is 46.3. The Morgan fingerprint density at radius 3 is 0.811 bits per heavy atom. The van der Waals surface area contributed by atoms with Crippen LogP contribution < -0.4 is 11.5 Å². The third kappa shape index (κ3) is 68.2. The van der Waals surface area contributed by atoms with Crippen LogP contribution in [0.15, 0.2) is 0 Å². The van der Waals surface area contributed by atoms with Gasteiger partial charge in [-0.3, -0.25) is 19.2 Å². The fourth-order valence-electron chi connectivity index (χ4n) is 6.57. The molecule has 0 aliphatic carbocycles. The molecule has 4 unspecified atom stereocenters. The molecule has 74 heavy (non-hydrogen) atoms. The highest BCUT2D eigenvalue weighted by atomic mass is 16.6. The lowest BCUT2D eigenvalue weighted by atomic mass is 10.1. The second-order valence-electron chi connectivity index (χ2n) is 18.4. The van der Waals surface area contributed by atoms with Crippen molar-refractivity contribution in [2.45, 2.75) is 258 Å². The number of rotatable bonds is 46. The van der Waals surface area contributed by atoms with Gasteiger partial charge in [0.25, 0.3) is 0 Å². The van der Waals surface area contributed by atoms with Gasteiger partial charge >= 0.3 is 36.1 Å². The first-order valence-corrected chi connectivity index (χ1v) is 27.9. The Kier molecular flexibility index (Phi) is 64.0. The Hall–Kier alpha value is -3.82. The number of primary amides is 2. The van der Waals surface area contributed by atoms with E-state index in [-0.39, 0.29) is 70.1 Å². The number of nitrogens with two attached hydrogens (primary N) is 2. The minimum atomic E-state index is -1.03. The Bertz CT molecular complexity index is 1240. The Morgan fingerprint density at radius 2 is 0.568 bits per heavy atom. The van der Waals surface area contributed by atoms with Gasteiger partial charge in [0, 0.05) is 25.7 Å². The molecule has 0 aromatic heterocycles. The second kappa shape index (κ2) is 61.7. The minimum absolute atomic E-state index is 0.105. The van der Waals surface area contributed by atoms with Crippen LogP contribution in [0, 0.1) is 0 Å². The van der Waals surface area contributed by atoms with Gasteiger partial charge in [-0.05, 0) is 25.7 Å². The summed E-state index contributed by atoms with van der Waals surface area (Å²) < 4.78 is 28.3. The normalized spacial score (nSPS) is 12.1. The second-order valence-corrected chi connectivity index (χ2v) is 18.4. The third-order valence-electron chi connectivity index (χ3n) is 11.0. The van der Waals surface area contributed by atoms with Crippen LogP contribution in [0.5, 0.6) is 0 Å². The van der Waals surface area contributed by atoms with Gasteiger partial charge in [-0.25, -0.2) is 9.59 Å². The van der Waals surface area contributed by atoms with Crippen molar-refractivity contribution in [3.8, 4) is 0 Å². The van der Waals surface area contributed by atoms with Gasteiger partial charge in [-0.2, -0.15) is 0 Å². The van der Waals surface area contributed by atoms with Crippen LogP contribution in [-0.4, -0.2) is 144 Å². The van der Waals surface area contributed by atoms with Gasteiger partial charge in [0.2, 0.25) is 0 Å². The molecular weight excluding hydrogens is 965 g/mol. The molecule has 0 bridgehead atoms. The fourth-order valence-corrected chi connectivity index (χ4v) is 6.57. The van der Waals surface area contributed by atoms with Crippen molar-refractivity contribution in [2.24, 2.45) is 11.5 Å². The number of carbonyl (C=O) groups is 6. The van der Waals surface area contributed by atoms with Crippen LogP contribution in [0.4, 0.5) is 9.59 Å². The largest absolute Gasteiger partial charge is 0.463 e. The molecule has 10 N–H and O–H groups in total. The van der Waals surface area contributed by atoms with E-state index in [0.29, 0.717) is 25.7 Å².